The van der Waals surface area contributed by atoms with Gasteiger partial charge in [0.1, 0.15) is 5.75 Å². The molecule has 0 radical (unpaired) electrons. The van der Waals surface area contributed by atoms with Gasteiger partial charge in [0.2, 0.25) is 9.84 Å². The number of methoxy groups -OCH3 is 1. The molecule has 0 aliphatic heterocycles. The number of sulfone groups is 1. The zero-order valence-corrected chi connectivity index (χ0v) is 16.7. The third kappa shape index (κ3) is 3.85. The van der Waals surface area contributed by atoms with Crippen LogP contribution in [-0.2, 0) is 16.4 Å². The van der Waals surface area contributed by atoms with E-state index in [1.54, 1.807) is 24.4 Å². The quantitative estimate of drug-likeness (QED) is 0.486. The SMILES string of the molecule is COc1cncc(S(=O)(=O)c2ccc(CNC(=O)c3cnc4[nH]ncc4c3)cc2)c1. The molecule has 3 aromatic heterocycles. The number of carbonyl (C=O) groups excluding carboxylic acids is 1. The molecular weight excluding hydrogens is 406 g/mol. The smallest absolute Gasteiger partial charge is 0.253 e. The van der Waals surface area contributed by atoms with Crippen molar-refractivity contribution < 1.29 is 17.9 Å². The van der Waals surface area contributed by atoms with Crippen LogP contribution in [0.25, 0.3) is 11.0 Å². The lowest BCUT2D eigenvalue weighted by Crippen LogP contribution is -2.22. The van der Waals surface area contributed by atoms with Crippen molar-refractivity contribution in [2.24, 2.45) is 0 Å². The molecule has 0 saturated carbocycles. The molecule has 0 saturated heterocycles. The van der Waals surface area contributed by atoms with E-state index in [0.717, 1.165) is 10.9 Å². The zero-order valence-electron chi connectivity index (χ0n) is 15.9. The van der Waals surface area contributed by atoms with Gasteiger partial charge in [-0.2, -0.15) is 5.10 Å². The van der Waals surface area contributed by atoms with E-state index in [9.17, 15) is 13.2 Å². The molecule has 152 valence electrons. The van der Waals surface area contributed by atoms with Crippen molar-refractivity contribution in [2.75, 3.05) is 7.11 Å². The highest BCUT2D eigenvalue weighted by atomic mass is 32.2. The van der Waals surface area contributed by atoms with Crippen LogP contribution >= 0.6 is 0 Å². The minimum absolute atomic E-state index is 0.0463. The van der Waals surface area contributed by atoms with Gasteiger partial charge in [0, 0.05) is 30.4 Å². The lowest BCUT2D eigenvalue weighted by Gasteiger charge is -2.08. The Morgan fingerprint density at radius 3 is 2.63 bits per heavy atom. The fraction of sp³-hybridized carbons (Fsp3) is 0.100. The topological polar surface area (TPSA) is 127 Å². The van der Waals surface area contributed by atoms with E-state index in [4.69, 9.17) is 4.74 Å². The number of benzene rings is 1. The van der Waals surface area contributed by atoms with Crippen molar-refractivity contribution in [2.45, 2.75) is 16.3 Å². The summed E-state index contributed by atoms with van der Waals surface area (Å²) in [6.45, 7) is 0.239. The summed E-state index contributed by atoms with van der Waals surface area (Å²) >= 11 is 0. The molecule has 0 fully saturated rings. The summed E-state index contributed by atoms with van der Waals surface area (Å²) in [5.41, 5.74) is 1.77. The van der Waals surface area contributed by atoms with Crippen molar-refractivity contribution in [1.82, 2.24) is 25.5 Å². The number of aromatic amines is 1. The van der Waals surface area contributed by atoms with Crippen LogP contribution in [0.1, 0.15) is 15.9 Å². The maximum atomic E-state index is 12.8. The van der Waals surface area contributed by atoms with Gasteiger partial charge in [-0.3, -0.25) is 14.9 Å². The first-order chi connectivity index (χ1) is 14.5. The van der Waals surface area contributed by atoms with Gasteiger partial charge in [0.05, 0.1) is 34.9 Å². The summed E-state index contributed by atoms with van der Waals surface area (Å²) in [4.78, 5) is 20.6. The van der Waals surface area contributed by atoms with Crippen molar-refractivity contribution in [3.63, 3.8) is 0 Å². The monoisotopic (exact) mass is 423 g/mol. The van der Waals surface area contributed by atoms with Gasteiger partial charge in [-0.05, 0) is 23.8 Å². The van der Waals surface area contributed by atoms with Crippen molar-refractivity contribution in [1.29, 1.82) is 0 Å². The number of H-pyrrole nitrogens is 1. The van der Waals surface area contributed by atoms with Crippen LogP contribution in [0, 0.1) is 0 Å². The van der Waals surface area contributed by atoms with Gasteiger partial charge in [-0.1, -0.05) is 12.1 Å². The maximum Gasteiger partial charge on any atom is 0.253 e. The van der Waals surface area contributed by atoms with Crippen molar-refractivity contribution in [3.05, 3.63) is 72.3 Å². The Morgan fingerprint density at radius 1 is 1.07 bits per heavy atom. The number of pyridine rings is 2. The van der Waals surface area contributed by atoms with Gasteiger partial charge in [0.15, 0.2) is 5.65 Å². The highest BCUT2D eigenvalue weighted by Crippen LogP contribution is 2.23. The van der Waals surface area contributed by atoms with Gasteiger partial charge >= 0.3 is 0 Å². The predicted molar refractivity (Wildman–Crippen MR) is 108 cm³/mol. The van der Waals surface area contributed by atoms with Crippen LogP contribution in [0.3, 0.4) is 0 Å². The van der Waals surface area contributed by atoms with Crippen LogP contribution in [0.4, 0.5) is 0 Å². The summed E-state index contributed by atoms with van der Waals surface area (Å²) < 4.78 is 30.6. The number of nitrogens with zero attached hydrogens (tertiary/aromatic N) is 3. The molecule has 3 heterocycles. The third-order valence-corrected chi connectivity index (χ3v) is 6.21. The van der Waals surface area contributed by atoms with Crippen LogP contribution < -0.4 is 10.1 Å². The predicted octanol–water partition coefficient (Wildman–Crippen LogP) is 2.12. The number of carbonyl (C=O) groups is 1. The van der Waals surface area contributed by atoms with Crippen LogP contribution in [0.2, 0.25) is 0 Å². The van der Waals surface area contributed by atoms with Crippen LogP contribution in [-0.4, -0.2) is 41.6 Å². The average Bonchev–Trinajstić information content (AvgIpc) is 3.25. The van der Waals surface area contributed by atoms with E-state index >= 15 is 0 Å². The Labute approximate surface area is 172 Å². The summed E-state index contributed by atoms with van der Waals surface area (Å²) in [5, 5.41) is 10.1. The molecular formula is C20H17N5O4S. The van der Waals surface area contributed by atoms with Crippen molar-refractivity contribution in [3.8, 4) is 5.75 Å². The number of aromatic nitrogens is 4. The van der Waals surface area contributed by atoms with E-state index in [0.29, 0.717) is 17.0 Å². The Kier molecular flexibility index (Phi) is 5.15. The van der Waals surface area contributed by atoms with Gasteiger partial charge in [-0.25, -0.2) is 13.4 Å². The fourth-order valence-electron chi connectivity index (χ4n) is 2.83. The summed E-state index contributed by atoms with van der Waals surface area (Å²) in [6.07, 6.45) is 5.77. The molecule has 0 aliphatic rings. The lowest BCUT2D eigenvalue weighted by atomic mass is 10.2. The van der Waals surface area contributed by atoms with Gasteiger partial charge < -0.3 is 10.1 Å². The molecule has 0 aliphatic carbocycles. The number of rotatable bonds is 6. The number of hydrogen-bond acceptors (Lipinski definition) is 7. The highest BCUT2D eigenvalue weighted by Gasteiger charge is 2.19. The van der Waals surface area contributed by atoms with E-state index in [-0.39, 0.29) is 22.2 Å². The Bertz CT molecular complexity index is 1320. The summed E-state index contributed by atoms with van der Waals surface area (Å²) in [6, 6.07) is 9.40. The minimum Gasteiger partial charge on any atom is -0.495 e. The molecule has 4 aromatic rings. The average molecular weight is 423 g/mol. The second-order valence-electron chi connectivity index (χ2n) is 6.42. The molecule has 30 heavy (non-hydrogen) atoms. The molecule has 0 spiro atoms. The van der Waals surface area contributed by atoms with E-state index in [1.807, 2.05) is 0 Å². The highest BCUT2D eigenvalue weighted by molar-refractivity contribution is 7.91. The number of amides is 1. The van der Waals surface area contributed by atoms with E-state index in [1.165, 1.54) is 43.9 Å². The zero-order chi connectivity index (χ0) is 21.1. The van der Waals surface area contributed by atoms with Gasteiger partial charge in [-0.15, -0.1) is 0 Å². The number of hydrogen-bond donors (Lipinski definition) is 2. The number of nitrogens with one attached hydrogen (secondary N) is 2. The first-order valence-electron chi connectivity index (χ1n) is 8.88. The van der Waals surface area contributed by atoms with Crippen LogP contribution in [0.15, 0.2) is 71.0 Å². The lowest BCUT2D eigenvalue weighted by molar-refractivity contribution is 0.0950. The first kappa shape index (κ1) is 19.5. The van der Waals surface area contributed by atoms with Gasteiger partial charge in [0.25, 0.3) is 5.91 Å². The van der Waals surface area contributed by atoms with E-state index < -0.39 is 9.84 Å². The first-order valence-corrected chi connectivity index (χ1v) is 10.4. The molecule has 10 heteroatoms. The molecule has 0 bridgehead atoms. The normalized spacial score (nSPS) is 11.4. The second kappa shape index (κ2) is 7.91. The van der Waals surface area contributed by atoms with E-state index in [2.05, 4.69) is 25.5 Å². The Morgan fingerprint density at radius 2 is 1.87 bits per heavy atom. The summed E-state index contributed by atoms with van der Waals surface area (Å²) in [7, 11) is -2.28. The molecule has 0 atom stereocenters. The molecule has 9 nitrogen and oxygen atoms in total. The molecule has 2 N–H and O–H groups in total. The minimum atomic E-state index is -3.72. The third-order valence-electron chi connectivity index (χ3n) is 4.47. The Hall–Kier alpha value is -3.79. The molecule has 1 aromatic carbocycles. The largest absolute Gasteiger partial charge is 0.495 e. The Balaban J connectivity index is 1.46. The fourth-order valence-corrected chi connectivity index (χ4v) is 4.06. The number of fused-ring (bicyclic) bond motifs is 1. The summed E-state index contributed by atoms with van der Waals surface area (Å²) in [5.74, 6) is 0.0725. The molecule has 4 rings (SSSR count). The molecule has 1 amide bonds. The molecule has 0 unspecified atom stereocenters. The van der Waals surface area contributed by atoms with Crippen LogP contribution in [0.5, 0.6) is 5.75 Å². The standard InChI is InChI=1S/C20H17N5O4S/c1-29-16-7-18(12-21-11-16)30(27,28)17-4-2-13(3-5-17)8-23-20(26)15-6-14-10-24-25-19(14)22-9-15/h2-7,9-12H,8H2,1H3,(H,23,26)(H,22,24,25). The second-order valence-corrected chi connectivity index (χ2v) is 8.37. The maximum absolute atomic E-state index is 12.8. The van der Waals surface area contributed by atoms with Crippen molar-refractivity contribution >= 4 is 26.8 Å². The number of ether oxygens (including phenoxy) is 1.